The van der Waals surface area contributed by atoms with Crippen LogP contribution < -0.4 is 0 Å². The molecule has 2 rings (SSSR count). The zero-order chi connectivity index (χ0) is 14.8. The summed E-state index contributed by atoms with van der Waals surface area (Å²) in [6.45, 7) is 10.4. The molecule has 0 saturated carbocycles. The quantitative estimate of drug-likeness (QED) is 0.799. The number of esters is 1. The second-order valence-corrected chi connectivity index (χ2v) is 7.29. The molecule has 5 nitrogen and oxygen atoms in total. The van der Waals surface area contributed by atoms with Gasteiger partial charge in [0.2, 0.25) is 0 Å². The van der Waals surface area contributed by atoms with E-state index in [-0.39, 0.29) is 5.97 Å². The molecule has 20 heavy (non-hydrogen) atoms. The monoisotopic (exact) mass is 298 g/mol. The van der Waals surface area contributed by atoms with E-state index in [0.717, 1.165) is 18.1 Å². The predicted molar refractivity (Wildman–Crippen MR) is 77.7 cm³/mol. The van der Waals surface area contributed by atoms with Gasteiger partial charge in [0, 0.05) is 30.7 Å². The number of morpholine rings is 1. The van der Waals surface area contributed by atoms with Crippen LogP contribution in [0.1, 0.15) is 30.7 Å². The number of carbonyl (C=O) groups is 1. The third kappa shape index (κ3) is 4.54. The van der Waals surface area contributed by atoms with Gasteiger partial charge in [0.25, 0.3) is 0 Å². The first kappa shape index (κ1) is 15.4. The molecule has 0 amide bonds. The summed E-state index contributed by atoms with van der Waals surface area (Å²) in [5, 5.41) is 1.07. The highest BCUT2D eigenvalue weighted by Crippen LogP contribution is 2.18. The van der Waals surface area contributed by atoms with Gasteiger partial charge in [-0.2, -0.15) is 0 Å². The Morgan fingerprint density at radius 2 is 2.35 bits per heavy atom. The van der Waals surface area contributed by atoms with Gasteiger partial charge in [-0.15, -0.1) is 11.3 Å². The number of hydrogen-bond donors (Lipinski definition) is 0. The number of thiazole rings is 1. The summed E-state index contributed by atoms with van der Waals surface area (Å²) in [5.74, 6) is -0.275. The Hall–Kier alpha value is -0.980. The lowest BCUT2D eigenvalue weighted by Gasteiger charge is -2.32. The van der Waals surface area contributed by atoms with Gasteiger partial charge >= 0.3 is 5.97 Å². The van der Waals surface area contributed by atoms with Crippen LogP contribution >= 0.6 is 11.3 Å². The minimum Gasteiger partial charge on any atom is -0.458 e. The summed E-state index contributed by atoms with van der Waals surface area (Å²) in [5.41, 5.74) is -0.475. The number of hydrogen-bond acceptors (Lipinski definition) is 6. The highest BCUT2D eigenvalue weighted by Gasteiger charge is 2.30. The van der Waals surface area contributed by atoms with Crippen molar-refractivity contribution in [2.24, 2.45) is 0 Å². The van der Waals surface area contributed by atoms with E-state index >= 15 is 0 Å². The summed E-state index contributed by atoms with van der Waals surface area (Å²) in [6, 6.07) is 0. The van der Waals surface area contributed by atoms with Crippen LogP contribution in [-0.4, -0.2) is 47.3 Å². The van der Waals surface area contributed by atoms with Gasteiger partial charge in [-0.3, -0.25) is 4.90 Å². The number of aromatic nitrogens is 1. The second kappa shape index (κ2) is 6.20. The molecule has 1 fully saturated rings. The molecule has 0 aromatic carbocycles. The fourth-order valence-corrected chi connectivity index (χ4v) is 2.89. The van der Waals surface area contributed by atoms with Crippen LogP contribution in [0.15, 0.2) is 6.20 Å². The van der Waals surface area contributed by atoms with Crippen LogP contribution in [0.25, 0.3) is 0 Å². The Morgan fingerprint density at radius 1 is 1.60 bits per heavy atom. The first-order valence-corrected chi connectivity index (χ1v) is 7.63. The van der Waals surface area contributed by atoms with E-state index in [9.17, 15) is 4.79 Å². The molecule has 0 unspecified atom stereocenters. The third-order valence-corrected chi connectivity index (χ3v) is 3.77. The minimum atomic E-state index is -0.489. The summed E-state index contributed by atoms with van der Waals surface area (Å²) in [6.07, 6.45) is 1.41. The Bertz CT molecular complexity index is 467. The maximum Gasteiger partial charge on any atom is 0.337 e. The average molecular weight is 298 g/mol. The van der Waals surface area contributed by atoms with Gasteiger partial charge in [-0.1, -0.05) is 0 Å². The van der Waals surface area contributed by atoms with Crippen molar-refractivity contribution >= 4 is 17.3 Å². The van der Waals surface area contributed by atoms with Crippen LogP contribution in [-0.2, 0) is 20.8 Å². The Morgan fingerprint density at radius 3 is 2.95 bits per heavy atom. The van der Waals surface area contributed by atoms with E-state index < -0.39 is 11.7 Å². The molecular weight excluding hydrogens is 276 g/mol. The smallest absolute Gasteiger partial charge is 0.337 e. The molecule has 2 heterocycles. The molecule has 0 N–H and O–H groups in total. The number of rotatable bonds is 3. The molecule has 0 radical (unpaired) electrons. The fourth-order valence-electron chi connectivity index (χ4n) is 2.06. The van der Waals surface area contributed by atoms with Crippen LogP contribution in [0.2, 0.25) is 0 Å². The molecule has 6 heteroatoms. The molecule has 0 aliphatic carbocycles. The Balaban J connectivity index is 1.90. The van der Waals surface area contributed by atoms with Crippen molar-refractivity contribution in [2.45, 2.75) is 45.9 Å². The summed E-state index contributed by atoms with van der Waals surface area (Å²) < 4.78 is 10.9. The standard InChI is InChI=1S/C14H22N2O3S/c1-10-15-7-11(20-10)8-16-5-6-18-12(9-16)13(17)19-14(2,3)4/h7,12H,5-6,8-9H2,1-4H3/t12-/m0/s1. The van der Waals surface area contributed by atoms with E-state index in [1.165, 1.54) is 4.88 Å². The number of carbonyl (C=O) groups excluding carboxylic acids is 1. The van der Waals surface area contributed by atoms with E-state index in [1.54, 1.807) is 11.3 Å². The summed E-state index contributed by atoms with van der Waals surface area (Å²) >= 11 is 1.69. The second-order valence-electron chi connectivity index (χ2n) is 5.97. The Kier molecular flexibility index (Phi) is 4.78. The van der Waals surface area contributed by atoms with E-state index in [0.29, 0.717) is 13.2 Å². The van der Waals surface area contributed by atoms with Crippen molar-refractivity contribution in [3.63, 3.8) is 0 Å². The SMILES string of the molecule is Cc1ncc(CN2CCO[C@H](C(=O)OC(C)(C)C)C2)s1. The fraction of sp³-hybridized carbons (Fsp3) is 0.714. The highest BCUT2D eigenvalue weighted by molar-refractivity contribution is 7.11. The molecule has 1 saturated heterocycles. The largest absolute Gasteiger partial charge is 0.458 e. The van der Waals surface area contributed by atoms with Gasteiger partial charge in [0.15, 0.2) is 6.10 Å². The van der Waals surface area contributed by atoms with E-state index in [2.05, 4.69) is 9.88 Å². The lowest BCUT2D eigenvalue weighted by atomic mass is 10.2. The van der Waals surface area contributed by atoms with Gasteiger partial charge < -0.3 is 9.47 Å². The Labute approximate surface area is 123 Å². The van der Waals surface area contributed by atoms with Gasteiger partial charge in [0.05, 0.1) is 11.6 Å². The van der Waals surface area contributed by atoms with Crippen LogP contribution in [0.3, 0.4) is 0 Å². The zero-order valence-corrected chi connectivity index (χ0v) is 13.3. The predicted octanol–water partition coefficient (Wildman–Crippen LogP) is 1.99. The van der Waals surface area contributed by atoms with Crippen molar-refractivity contribution in [2.75, 3.05) is 19.7 Å². The lowest BCUT2D eigenvalue weighted by molar-refractivity contribution is -0.174. The maximum atomic E-state index is 12.0. The van der Waals surface area contributed by atoms with Gasteiger partial charge in [-0.05, 0) is 27.7 Å². The molecule has 1 aromatic heterocycles. The van der Waals surface area contributed by atoms with Crippen LogP contribution in [0.4, 0.5) is 0 Å². The zero-order valence-electron chi connectivity index (χ0n) is 12.5. The molecular formula is C14H22N2O3S. The molecule has 0 bridgehead atoms. The van der Waals surface area contributed by atoms with Crippen molar-refractivity contribution in [1.29, 1.82) is 0 Å². The minimum absolute atomic E-state index is 0.275. The molecule has 112 valence electrons. The van der Waals surface area contributed by atoms with Gasteiger partial charge in [0.1, 0.15) is 5.60 Å². The normalized spacial score (nSPS) is 20.9. The number of aryl methyl sites for hydroxylation is 1. The van der Waals surface area contributed by atoms with Gasteiger partial charge in [-0.25, -0.2) is 9.78 Å². The van der Waals surface area contributed by atoms with Crippen LogP contribution in [0, 0.1) is 6.92 Å². The average Bonchev–Trinajstić information content (AvgIpc) is 2.73. The van der Waals surface area contributed by atoms with Crippen molar-refractivity contribution in [3.05, 3.63) is 16.1 Å². The van der Waals surface area contributed by atoms with Crippen LogP contribution in [0.5, 0.6) is 0 Å². The van der Waals surface area contributed by atoms with Crippen molar-refractivity contribution in [1.82, 2.24) is 9.88 Å². The number of nitrogens with zero attached hydrogens (tertiary/aromatic N) is 2. The topological polar surface area (TPSA) is 51.7 Å². The van der Waals surface area contributed by atoms with Crippen molar-refractivity contribution < 1.29 is 14.3 Å². The third-order valence-electron chi connectivity index (χ3n) is 2.87. The van der Waals surface area contributed by atoms with Crippen molar-refractivity contribution in [3.8, 4) is 0 Å². The van der Waals surface area contributed by atoms with E-state index in [1.807, 2.05) is 33.9 Å². The molecule has 1 atom stereocenters. The first-order valence-electron chi connectivity index (χ1n) is 6.81. The number of ether oxygens (including phenoxy) is 2. The molecule has 1 aliphatic heterocycles. The van der Waals surface area contributed by atoms with E-state index in [4.69, 9.17) is 9.47 Å². The maximum absolute atomic E-state index is 12.0. The highest BCUT2D eigenvalue weighted by atomic mass is 32.1. The molecule has 1 aromatic rings. The molecule has 0 spiro atoms. The summed E-state index contributed by atoms with van der Waals surface area (Å²) in [7, 11) is 0. The lowest BCUT2D eigenvalue weighted by Crippen LogP contribution is -2.47. The molecule has 1 aliphatic rings. The summed E-state index contributed by atoms with van der Waals surface area (Å²) in [4.78, 5) is 19.7. The first-order chi connectivity index (χ1) is 9.33.